The molecule has 1 aromatic rings. The molecule has 1 unspecified atom stereocenters. The van der Waals surface area contributed by atoms with Crippen LogP contribution in [0, 0.1) is 5.92 Å². The molecule has 7 nitrogen and oxygen atoms in total. The van der Waals surface area contributed by atoms with E-state index in [-0.39, 0.29) is 24.4 Å². The zero-order valence-corrected chi connectivity index (χ0v) is 16.0. The second-order valence-corrected chi connectivity index (χ2v) is 7.20. The Morgan fingerprint density at radius 1 is 1.33 bits per heavy atom. The monoisotopic (exact) mass is 376 g/mol. The van der Waals surface area contributed by atoms with Crippen LogP contribution in [0.3, 0.4) is 0 Å². The number of piperidine rings is 1. The molecule has 2 aliphatic heterocycles. The van der Waals surface area contributed by atoms with Crippen LogP contribution in [0.5, 0.6) is 11.5 Å². The molecule has 1 aromatic carbocycles. The highest BCUT2D eigenvalue weighted by Crippen LogP contribution is 2.31. The van der Waals surface area contributed by atoms with Gasteiger partial charge >= 0.3 is 5.97 Å². The van der Waals surface area contributed by atoms with E-state index < -0.39 is 5.97 Å². The van der Waals surface area contributed by atoms with Crippen LogP contribution in [0.4, 0.5) is 0 Å². The average molecular weight is 376 g/mol. The summed E-state index contributed by atoms with van der Waals surface area (Å²) in [5.74, 6) is 0.740. The lowest BCUT2D eigenvalue weighted by atomic mass is 9.94. The van der Waals surface area contributed by atoms with Gasteiger partial charge in [0.2, 0.25) is 5.91 Å². The highest BCUT2D eigenvalue weighted by Gasteiger charge is 2.33. The van der Waals surface area contributed by atoms with Gasteiger partial charge in [0.15, 0.2) is 0 Å². The van der Waals surface area contributed by atoms with E-state index in [1.54, 1.807) is 7.11 Å². The van der Waals surface area contributed by atoms with E-state index >= 15 is 0 Å². The van der Waals surface area contributed by atoms with E-state index in [0.29, 0.717) is 32.7 Å². The molecule has 2 aliphatic rings. The van der Waals surface area contributed by atoms with Crippen LogP contribution in [0.1, 0.15) is 25.3 Å². The molecule has 0 bridgehead atoms. The number of fused-ring (bicyclic) bond motifs is 1. The fraction of sp³-hybridized carbons (Fsp3) is 0.600. The Kier molecular flexibility index (Phi) is 6.21. The second kappa shape index (κ2) is 8.61. The van der Waals surface area contributed by atoms with Crippen molar-refractivity contribution in [2.24, 2.45) is 5.92 Å². The summed E-state index contributed by atoms with van der Waals surface area (Å²) in [6.45, 7) is 4.48. The van der Waals surface area contributed by atoms with Crippen molar-refractivity contribution < 1.29 is 24.2 Å². The summed E-state index contributed by atoms with van der Waals surface area (Å²) < 4.78 is 11.1. The van der Waals surface area contributed by atoms with Crippen molar-refractivity contribution in [3.8, 4) is 11.5 Å². The van der Waals surface area contributed by atoms with Gasteiger partial charge in [-0.25, -0.2) is 0 Å². The van der Waals surface area contributed by atoms with Crippen LogP contribution in [0.25, 0.3) is 0 Å². The zero-order valence-electron chi connectivity index (χ0n) is 16.0. The number of ether oxygens (including phenoxy) is 2. The summed E-state index contributed by atoms with van der Waals surface area (Å²) in [5.41, 5.74) is 1.01. The molecule has 2 heterocycles. The van der Waals surface area contributed by atoms with E-state index in [1.165, 1.54) is 0 Å². The molecule has 27 heavy (non-hydrogen) atoms. The molecule has 0 aliphatic carbocycles. The van der Waals surface area contributed by atoms with Crippen LogP contribution >= 0.6 is 0 Å². The number of methoxy groups -OCH3 is 1. The standard InChI is InChI=1S/C20H28N2O5/c1-3-21(12-19(23)24)16-6-8-22(9-7-16)20(25)15-10-14-11-17(26-2)4-5-18(14)27-13-15/h4-5,11,15-16H,3,6-10,12-13H2,1-2H3,(H,23,24). The Morgan fingerprint density at radius 2 is 2.07 bits per heavy atom. The number of nitrogens with zero attached hydrogens (tertiary/aromatic N) is 2. The second-order valence-electron chi connectivity index (χ2n) is 7.20. The molecule has 1 fully saturated rings. The Morgan fingerprint density at radius 3 is 2.70 bits per heavy atom. The number of amides is 1. The molecule has 1 atom stereocenters. The van der Waals surface area contributed by atoms with Crippen LogP contribution in [-0.4, -0.2) is 72.7 Å². The molecule has 7 heteroatoms. The molecule has 148 valence electrons. The number of likely N-dealkylation sites (tertiary alicyclic amines) is 1. The molecule has 0 spiro atoms. The Bertz CT molecular complexity index is 685. The van der Waals surface area contributed by atoms with Crippen LogP contribution in [0.2, 0.25) is 0 Å². The highest BCUT2D eigenvalue weighted by molar-refractivity contribution is 5.80. The van der Waals surface area contributed by atoms with Gasteiger partial charge in [-0.15, -0.1) is 0 Å². The molecule has 0 radical (unpaired) electrons. The minimum atomic E-state index is -0.802. The Hall–Kier alpha value is -2.28. The molecule has 0 aromatic heterocycles. The van der Waals surface area contributed by atoms with Crippen LogP contribution in [-0.2, 0) is 16.0 Å². The average Bonchev–Trinajstić information content (AvgIpc) is 2.70. The summed E-state index contributed by atoms with van der Waals surface area (Å²) in [5, 5.41) is 9.04. The molecule has 1 N–H and O–H groups in total. The molecular weight excluding hydrogens is 348 g/mol. The third-order valence-electron chi connectivity index (χ3n) is 5.56. The van der Waals surface area contributed by atoms with Crippen LogP contribution < -0.4 is 9.47 Å². The van der Waals surface area contributed by atoms with Crippen molar-refractivity contribution in [1.82, 2.24) is 9.80 Å². The number of hydrogen-bond acceptors (Lipinski definition) is 5. The molecule has 3 rings (SSSR count). The predicted molar refractivity (Wildman–Crippen MR) is 100 cm³/mol. The Balaban J connectivity index is 1.57. The van der Waals surface area contributed by atoms with E-state index in [4.69, 9.17) is 14.6 Å². The summed E-state index contributed by atoms with van der Waals surface area (Å²) in [4.78, 5) is 27.8. The lowest BCUT2D eigenvalue weighted by Crippen LogP contribution is -2.50. The third-order valence-corrected chi connectivity index (χ3v) is 5.56. The summed E-state index contributed by atoms with van der Waals surface area (Å²) in [7, 11) is 1.63. The van der Waals surface area contributed by atoms with Gasteiger partial charge in [0.05, 0.1) is 19.6 Å². The van der Waals surface area contributed by atoms with Gasteiger partial charge in [-0.2, -0.15) is 0 Å². The van der Waals surface area contributed by atoms with Gasteiger partial charge in [0, 0.05) is 19.1 Å². The fourth-order valence-electron chi connectivity index (χ4n) is 4.04. The SMILES string of the molecule is CCN(CC(=O)O)C1CCN(C(=O)C2COc3ccc(OC)cc3C2)CC1. The number of rotatable bonds is 6. The first-order chi connectivity index (χ1) is 13.0. The third kappa shape index (κ3) is 4.53. The van der Waals surface area contributed by atoms with E-state index in [9.17, 15) is 9.59 Å². The first-order valence-electron chi connectivity index (χ1n) is 9.56. The first-order valence-corrected chi connectivity index (χ1v) is 9.56. The highest BCUT2D eigenvalue weighted by atomic mass is 16.5. The minimum absolute atomic E-state index is 0.0597. The maximum atomic E-state index is 12.9. The number of benzene rings is 1. The normalized spacial score (nSPS) is 20.1. The lowest BCUT2D eigenvalue weighted by molar-refractivity contribution is -0.141. The van der Waals surface area contributed by atoms with Crippen molar-refractivity contribution in [3.05, 3.63) is 23.8 Å². The van der Waals surface area contributed by atoms with Gasteiger partial charge in [0.1, 0.15) is 18.1 Å². The maximum Gasteiger partial charge on any atom is 0.317 e. The summed E-state index contributed by atoms with van der Waals surface area (Å²) in [6, 6.07) is 5.92. The topological polar surface area (TPSA) is 79.3 Å². The van der Waals surface area contributed by atoms with E-state index in [2.05, 4.69) is 0 Å². The van der Waals surface area contributed by atoms with Gasteiger partial charge in [-0.3, -0.25) is 14.5 Å². The van der Waals surface area contributed by atoms with Crippen molar-refractivity contribution in [1.29, 1.82) is 0 Å². The van der Waals surface area contributed by atoms with Gasteiger partial charge in [-0.1, -0.05) is 6.92 Å². The van der Waals surface area contributed by atoms with E-state index in [0.717, 1.165) is 29.9 Å². The quantitative estimate of drug-likeness (QED) is 0.813. The number of likely N-dealkylation sites (N-methyl/N-ethyl adjacent to an activating group) is 1. The van der Waals surface area contributed by atoms with Gasteiger partial charge < -0.3 is 19.5 Å². The van der Waals surface area contributed by atoms with Crippen molar-refractivity contribution in [2.45, 2.75) is 32.2 Å². The number of carboxylic acid groups (broad SMARTS) is 1. The lowest BCUT2D eigenvalue weighted by Gasteiger charge is -2.39. The van der Waals surface area contributed by atoms with Crippen LogP contribution in [0.15, 0.2) is 18.2 Å². The fourth-order valence-corrected chi connectivity index (χ4v) is 4.04. The molecular formula is C20H28N2O5. The largest absolute Gasteiger partial charge is 0.497 e. The number of carboxylic acids is 1. The van der Waals surface area contributed by atoms with Gasteiger partial charge in [0.25, 0.3) is 0 Å². The first kappa shape index (κ1) is 19.5. The van der Waals surface area contributed by atoms with Crippen molar-refractivity contribution in [2.75, 3.05) is 39.9 Å². The molecule has 1 saturated heterocycles. The maximum absolute atomic E-state index is 12.9. The van der Waals surface area contributed by atoms with Crippen molar-refractivity contribution in [3.63, 3.8) is 0 Å². The molecule has 1 amide bonds. The number of hydrogen-bond donors (Lipinski definition) is 1. The Labute approximate surface area is 159 Å². The smallest absolute Gasteiger partial charge is 0.317 e. The predicted octanol–water partition coefficient (Wildman–Crippen LogP) is 1.64. The summed E-state index contributed by atoms with van der Waals surface area (Å²) in [6.07, 6.45) is 2.28. The number of carbonyl (C=O) groups is 2. The minimum Gasteiger partial charge on any atom is -0.497 e. The number of carbonyl (C=O) groups excluding carboxylic acids is 1. The summed E-state index contributed by atoms with van der Waals surface area (Å²) >= 11 is 0. The number of aliphatic carboxylic acids is 1. The van der Waals surface area contributed by atoms with E-state index in [1.807, 2.05) is 34.9 Å². The van der Waals surface area contributed by atoms with Gasteiger partial charge in [-0.05, 0) is 49.6 Å². The zero-order chi connectivity index (χ0) is 19.4. The molecule has 0 saturated carbocycles. The van der Waals surface area contributed by atoms with Crippen molar-refractivity contribution >= 4 is 11.9 Å².